The molecule has 2 aromatic rings. The van der Waals surface area contributed by atoms with Crippen molar-refractivity contribution in [2.24, 2.45) is 5.84 Å². The zero-order valence-electron chi connectivity index (χ0n) is 10.9. The molecule has 4 N–H and O–H groups in total. The van der Waals surface area contributed by atoms with Crippen LogP contribution in [0.3, 0.4) is 0 Å². The summed E-state index contributed by atoms with van der Waals surface area (Å²) in [6, 6.07) is 0.00285. The third-order valence-electron chi connectivity index (χ3n) is 2.80. The molecule has 0 aliphatic heterocycles. The number of nitrogen functional groups attached to an aromatic ring is 1. The van der Waals surface area contributed by atoms with Gasteiger partial charge >= 0.3 is 0 Å². The molecule has 0 fully saturated rings. The largest absolute Gasteiger partial charge is 0.362 e. The molecule has 2 heterocycles. The summed E-state index contributed by atoms with van der Waals surface area (Å²) < 4.78 is 5.84. The molecule has 0 spiro atoms. The molecule has 0 aliphatic carbocycles. The second-order valence-corrected chi connectivity index (χ2v) is 4.93. The molecule has 8 heteroatoms. The van der Waals surface area contributed by atoms with Crippen molar-refractivity contribution in [3.8, 4) is 0 Å². The first-order valence-corrected chi connectivity index (χ1v) is 6.50. The normalized spacial score (nSPS) is 12.3. The lowest BCUT2D eigenvalue weighted by Crippen LogP contribution is -2.13. The quantitative estimate of drug-likeness (QED) is 0.585. The Morgan fingerprint density at radius 1 is 1.32 bits per heavy atom. The highest BCUT2D eigenvalue weighted by atomic mass is 79.9. The fraction of sp³-hybridized carbons (Fsp3) is 0.364. The van der Waals surface area contributed by atoms with Crippen LogP contribution in [0.2, 0.25) is 0 Å². The third-order valence-corrected chi connectivity index (χ3v) is 3.55. The van der Waals surface area contributed by atoms with Crippen molar-refractivity contribution >= 4 is 27.6 Å². The molecular formula is C11H15BrN6O. The Hall–Kier alpha value is -1.67. The van der Waals surface area contributed by atoms with Crippen molar-refractivity contribution in [2.75, 3.05) is 10.7 Å². The van der Waals surface area contributed by atoms with Crippen LogP contribution >= 0.6 is 15.9 Å². The first-order valence-electron chi connectivity index (χ1n) is 5.71. The van der Waals surface area contributed by atoms with Gasteiger partial charge in [-0.25, -0.2) is 15.8 Å². The Morgan fingerprint density at radius 3 is 2.58 bits per heavy atom. The summed E-state index contributed by atoms with van der Waals surface area (Å²) in [4.78, 5) is 8.18. The first-order chi connectivity index (χ1) is 9.04. The lowest BCUT2D eigenvalue weighted by atomic mass is 10.1. The van der Waals surface area contributed by atoms with E-state index in [4.69, 9.17) is 10.4 Å². The number of aromatic nitrogens is 3. The smallest absolute Gasteiger partial charge is 0.159 e. The molecule has 0 bridgehead atoms. The molecule has 102 valence electrons. The van der Waals surface area contributed by atoms with Crippen LogP contribution in [0, 0.1) is 13.8 Å². The summed E-state index contributed by atoms with van der Waals surface area (Å²) in [6.07, 6.45) is 1.43. The molecule has 0 aromatic carbocycles. The van der Waals surface area contributed by atoms with E-state index in [2.05, 4.69) is 41.8 Å². The van der Waals surface area contributed by atoms with Crippen LogP contribution in [0.15, 0.2) is 15.3 Å². The van der Waals surface area contributed by atoms with Crippen molar-refractivity contribution in [3.05, 3.63) is 27.8 Å². The minimum absolute atomic E-state index is 0.00285. The number of hydrazine groups is 1. The first kappa shape index (κ1) is 13.8. The molecule has 19 heavy (non-hydrogen) atoms. The summed E-state index contributed by atoms with van der Waals surface area (Å²) in [6.45, 7) is 5.80. The molecule has 2 rings (SSSR count). The SMILES string of the molecule is Cc1noc(C)c1C(C)Nc1ncnc(NN)c1Br. The highest BCUT2D eigenvalue weighted by Crippen LogP contribution is 2.30. The number of rotatable bonds is 4. The van der Waals surface area contributed by atoms with Gasteiger partial charge in [-0.15, -0.1) is 0 Å². The van der Waals surface area contributed by atoms with Gasteiger partial charge in [0.05, 0.1) is 11.7 Å². The summed E-state index contributed by atoms with van der Waals surface area (Å²) in [5, 5.41) is 7.22. The molecule has 0 aliphatic rings. The van der Waals surface area contributed by atoms with Crippen molar-refractivity contribution in [1.82, 2.24) is 15.1 Å². The summed E-state index contributed by atoms with van der Waals surface area (Å²) in [5.41, 5.74) is 4.38. The Labute approximate surface area is 119 Å². The average Bonchev–Trinajstić information content (AvgIpc) is 2.71. The van der Waals surface area contributed by atoms with E-state index in [1.807, 2.05) is 20.8 Å². The number of nitrogens with one attached hydrogen (secondary N) is 2. The summed E-state index contributed by atoms with van der Waals surface area (Å²) in [5.74, 6) is 7.33. The maximum atomic E-state index is 5.37. The zero-order chi connectivity index (χ0) is 14.0. The highest BCUT2D eigenvalue weighted by Gasteiger charge is 2.18. The van der Waals surface area contributed by atoms with Crippen LogP contribution in [0.4, 0.5) is 11.6 Å². The van der Waals surface area contributed by atoms with Crippen LogP contribution in [0.25, 0.3) is 0 Å². The third kappa shape index (κ3) is 2.69. The van der Waals surface area contributed by atoms with Crippen LogP contribution in [0.5, 0.6) is 0 Å². The van der Waals surface area contributed by atoms with Crippen molar-refractivity contribution in [3.63, 3.8) is 0 Å². The molecule has 1 atom stereocenters. The Morgan fingerprint density at radius 2 is 2.00 bits per heavy atom. The minimum atomic E-state index is 0.00285. The topological polar surface area (TPSA) is 102 Å². The highest BCUT2D eigenvalue weighted by molar-refractivity contribution is 9.10. The van der Waals surface area contributed by atoms with Gasteiger partial charge in [-0.1, -0.05) is 5.16 Å². The molecular weight excluding hydrogens is 312 g/mol. The molecule has 0 amide bonds. The fourth-order valence-corrected chi connectivity index (χ4v) is 2.39. The van der Waals surface area contributed by atoms with E-state index >= 15 is 0 Å². The molecule has 0 saturated heterocycles. The van der Waals surface area contributed by atoms with Crippen LogP contribution in [-0.4, -0.2) is 15.1 Å². The van der Waals surface area contributed by atoms with Gasteiger partial charge in [0.25, 0.3) is 0 Å². The summed E-state index contributed by atoms with van der Waals surface area (Å²) in [7, 11) is 0. The molecule has 7 nitrogen and oxygen atoms in total. The molecule has 0 radical (unpaired) electrons. The standard InChI is InChI=1S/C11H15BrN6O/c1-5(8-6(2)18-19-7(8)3)16-10-9(12)11(17-13)15-4-14-10/h4-5H,13H2,1-3H3,(H2,14,15,16,17). The number of hydrogen-bond acceptors (Lipinski definition) is 7. The van der Waals surface area contributed by atoms with Crippen LogP contribution < -0.4 is 16.6 Å². The van der Waals surface area contributed by atoms with Gasteiger partial charge in [-0.2, -0.15) is 0 Å². The Kier molecular flexibility index (Phi) is 4.01. The second kappa shape index (κ2) is 5.54. The second-order valence-electron chi connectivity index (χ2n) is 4.13. The van der Waals surface area contributed by atoms with Gasteiger partial charge in [0.2, 0.25) is 0 Å². The molecule has 0 saturated carbocycles. The van der Waals surface area contributed by atoms with E-state index < -0.39 is 0 Å². The van der Waals surface area contributed by atoms with Gasteiger partial charge < -0.3 is 15.3 Å². The van der Waals surface area contributed by atoms with E-state index in [0.29, 0.717) is 16.1 Å². The fourth-order valence-electron chi connectivity index (χ4n) is 1.96. The van der Waals surface area contributed by atoms with E-state index in [1.54, 1.807) is 0 Å². The number of aryl methyl sites for hydroxylation is 2. The molecule has 1 unspecified atom stereocenters. The van der Waals surface area contributed by atoms with Gasteiger partial charge in [0.15, 0.2) is 5.82 Å². The van der Waals surface area contributed by atoms with Gasteiger partial charge in [-0.3, -0.25) is 0 Å². The monoisotopic (exact) mass is 326 g/mol. The van der Waals surface area contributed by atoms with Crippen molar-refractivity contribution in [2.45, 2.75) is 26.8 Å². The van der Waals surface area contributed by atoms with Gasteiger partial charge in [-0.05, 0) is 36.7 Å². The number of anilines is 2. The zero-order valence-corrected chi connectivity index (χ0v) is 12.4. The number of nitrogens with two attached hydrogens (primary N) is 1. The van der Waals surface area contributed by atoms with Crippen molar-refractivity contribution < 1.29 is 4.52 Å². The van der Waals surface area contributed by atoms with Gasteiger partial charge in [0.1, 0.15) is 22.4 Å². The number of hydrogen-bond donors (Lipinski definition) is 3. The average molecular weight is 327 g/mol. The van der Waals surface area contributed by atoms with Crippen molar-refractivity contribution in [1.29, 1.82) is 0 Å². The predicted molar refractivity (Wildman–Crippen MR) is 75.6 cm³/mol. The minimum Gasteiger partial charge on any atom is -0.362 e. The van der Waals surface area contributed by atoms with Crippen LogP contribution in [-0.2, 0) is 0 Å². The maximum absolute atomic E-state index is 5.37. The lowest BCUT2D eigenvalue weighted by molar-refractivity contribution is 0.392. The summed E-state index contributed by atoms with van der Waals surface area (Å²) >= 11 is 3.40. The van der Waals surface area contributed by atoms with E-state index in [0.717, 1.165) is 17.0 Å². The maximum Gasteiger partial charge on any atom is 0.159 e. The van der Waals surface area contributed by atoms with E-state index in [1.165, 1.54) is 6.33 Å². The Bertz CT molecular complexity index is 565. The molecule has 2 aromatic heterocycles. The van der Waals surface area contributed by atoms with E-state index in [-0.39, 0.29) is 6.04 Å². The number of nitrogens with zero attached hydrogens (tertiary/aromatic N) is 3. The van der Waals surface area contributed by atoms with Crippen LogP contribution in [0.1, 0.15) is 30.0 Å². The van der Waals surface area contributed by atoms with Gasteiger partial charge in [0, 0.05) is 5.56 Å². The lowest BCUT2D eigenvalue weighted by Gasteiger charge is -2.16. The predicted octanol–water partition coefficient (Wildman–Crippen LogP) is 2.30. The Balaban J connectivity index is 2.27. The number of halogens is 1. The van der Waals surface area contributed by atoms with E-state index in [9.17, 15) is 0 Å².